The van der Waals surface area contributed by atoms with Crippen molar-refractivity contribution in [1.82, 2.24) is 5.32 Å². The zero-order valence-electron chi connectivity index (χ0n) is 11.9. The first-order valence-electron chi connectivity index (χ1n) is 6.42. The number of carbonyl (C=O) groups excluding carboxylic acids is 1. The molecule has 2 atom stereocenters. The molecule has 1 aromatic rings. The number of rotatable bonds is 4. The first-order valence-corrected chi connectivity index (χ1v) is 6.80. The summed E-state index contributed by atoms with van der Waals surface area (Å²) in [5.74, 6) is -0.0481. The summed E-state index contributed by atoms with van der Waals surface area (Å²) in [6.45, 7) is 7.81. The van der Waals surface area contributed by atoms with Crippen LogP contribution in [0.25, 0.3) is 0 Å². The summed E-state index contributed by atoms with van der Waals surface area (Å²) in [6.07, 6.45) is -0.300. The van der Waals surface area contributed by atoms with Gasteiger partial charge in [0.05, 0.1) is 12.1 Å². The van der Waals surface area contributed by atoms with Crippen LogP contribution in [0.3, 0.4) is 0 Å². The minimum atomic E-state index is -0.735. The Morgan fingerprint density at radius 1 is 1.32 bits per heavy atom. The maximum atomic E-state index is 11.8. The third-order valence-corrected chi connectivity index (χ3v) is 3.02. The van der Waals surface area contributed by atoms with Crippen molar-refractivity contribution in [3.8, 4) is 0 Å². The number of carbonyl (C=O) groups is 1. The quantitative estimate of drug-likeness (QED) is 0.891. The molecule has 1 aromatic carbocycles. The van der Waals surface area contributed by atoms with E-state index in [4.69, 9.17) is 11.6 Å². The van der Waals surface area contributed by atoms with Gasteiger partial charge in [0.25, 0.3) is 0 Å². The zero-order valence-corrected chi connectivity index (χ0v) is 12.7. The van der Waals surface area contributed by atoms with E-state index in [1.807, 2.05) is 20.8 Å². The van der Waals surface area contributed by atoms with E-state index < -0.39 is 6.10 Å². The molecule has 19 heavy (non-hydrogen) atoms. The van der Waals surface area contributed by atoms with Gasteiger partial charge in [-0.05, 0) is 30.0 Å². The Morgan fingerprint density at radius 2 is 1.84 bits per heavy atom. The summed E-state index contributed by atoms with van der Waals surface area (Å²) in [6, 6.07) is 6.64. The van der Waals surface area contributed by atoms with Crippen LogP contribution >= 0.6 is 11.6 Å². The number of benzene rings is 1. The van der Waals surface area contributed by atoms with Crippen molar-refractivity contribution in [2.45, 2.75) is 46.3 Å². The fourth-order valence-corrected chi connectivity index (χ4v) is 1.94. The average Bonchev–Trinajstić information content (AvgIpc) is 2.26. The van der Waals surface area contributed by atoms with E-state index in [1.165, 1.54) is 0 Å². The first-order chi connectivity index (χ1) is 8.69. The predicted octanol–water partition coefficient (Wildman–Crippen LogP) is 3.31. The molecule has 3 nitrogen and oxygen atoms in total. The summed E-state index contributed by atoms with van der Waals surface area (Å²) >= 11 is 5.80. The van der Waals surface area contributed by atoms with Crippen molar-refractivity contribution in [2.75, 3.05) is 0 Å². The molecule has 2 unspecified atom stereocenters. The summed E-state index contributed by atoms with van der Waals surface area (Å²) in [7, 11) is 0. The number of nitrogens with one attached hydrogen (secondary N) is 1. The molecule has 0 fully saturated rings. The van der Waals surface area contributed by atoms with Crippen molar-refractivity contribution in [1.29, 1.82) is 0 Å². The lowest BCUT2D eigenvalue weighted by molar-refractivity contribution is -0.124. The van der Waals surface area contributed by atoms with Gasteiger partial charge in [0, 0.05) is 11.4 Å². The molecule has 0 bridgehead atoms. The standard InChI is InChI=1S/C15H22ClNO2/c1-10(17-13(18)9-15(2,3)4)14(19)11-5-7-12(16)8-6-11/h5-8,10,14,19H,9H2,1-4H3,(H,17,18). The van der Waals surface area contributed by atoms with Crippen LogP contribution in [-0.2, 0) is 4.79 Å². The maximum Gasteiger partial charge on any atom is 0.220 e. The fourth-order valence-electron chi connectivity index (χ4n) is 1.81. The molecule has 0 aromatic heterocycles. The Hall–Kier alpha value is -1.06. The Balaban J connectivity index is 2.60. The first kappa shape index (κ1) is 16.0. The van der Waals surface area contributed by atoms with Crippen molar-refractivity contribution >= 4 is 17.5 Å². The van der Waals surface area contributed by atoms with Crippen molar-refractivity contribution in [2.24, 2.45) is 5.41 Å². The van der Waals surface area contributed by atoms with E-state index in [0.717, 1.165) is 5.56 Å². The van der Waals surface area contributed by atoms with E-state index in [0.29, 0.717) is 11.4 Å². The Morgan fingerprint density at radius 3 is 2.32 bits per heavy atom. The molecule has 0 aliphatic heterocycles. The van der Waals surface area contributed by atoms with Crippen LogP contribution in [0.1, 0.15) is 45.8 Å². The highest BCUT2D eigenvalue weighted by Gasteiger charge is 2.21. The molecule has 1 rings (SSSR count). The summed E-state index contributed by atoms with van der Waals surface area (Å²) in [5.41, 5.74) is 0.683. The van der Waals surface area contributed by atoms with Crippen LogP contribution in [0.4, 0.5) is 0 Å². The molecule has 0 saturated carbocycles. The van der Waals surface area contributed by atoms with Gasteiger partial charge in [-0.3, -0.25) is 4.79 Å². The van der Waals surface area contributed by atoms with Crippen LogP contribution in [0.5, 0.6) is 0 Å². The SMILES string of the molecule is CC(NC(=O)CC(C)(C)C)C(O)c1ccc(Cl)cc1. The monoisotopic (exact) mass is 283 g/mol. The third kappa shape index (κ3) is 5.62. The second kappa shape index (κ2) is 6.40. The van der Waals surface area contributed by atoms with Gasteiger partial charge in [0.15, 0.2) is 0 Å². The number of aliphatic hydroxyl groups is 1. The topological polar surface area (TPSA) is 49.3 Å². The van der Waals surface area contributed by atoms with Gasteiger partial charge in [-0.15, -0.1) is 0 Å². The van der Waals surface area contributed by atoms with Crippen molar-refractivity contribution < 1.29 is 9.90 Å². The smallest absolute Gasteiger partial charge is 0.220 e. The van der Waals surface area contributed by atoms with Crippen LogP contribution < -0.4 is 5.32 Å². The van der Waals surface area contributed by atoms with Gasteiger partial charge in [0.1, 0.15) is 0 Å². The lowest BCUT2D eigenvalue weighted by atomic mass is 9.91. The molecule has 0 heterocycles. The number of amides is 1. The number of hydrogen-bond acceptors (Lipinski definition) is 2. The molecular weight excluding hydrogens is 262 g/mol. The second-order valence-electron chi connectivity index (χ2n) is 6.09. The second-order valence-corrected chi connectivity index (χ2v) is 6.53. The van der Waals surface area contributed by atoms with Gasteiger partial charge in [-0.25, -0.2) is 0 Å². The van der Waals surface area contributed by atoms with Crippen molar-refractivity contribution in [3.05, 3.63) is 34.9 Å². The molecule has 0 radical (unpaired) electrons. The Kier molecular flexibility index (Phi) is 5.39. The van der Waals surface area contributed by atoms with E-state index in [2.05, 4.69) is 5.32 Å². The zero-order chi connectivity index (χ0) is 14.6. The lowest BCUT2D eigenvalue weighted by Crippen LogP contribution is -2.38. The van der Waals surface area contributed by atoms with Gasteiger partial charge >= 0.3 is 0 Å². The molecule has 1 amide bonds. The van der Waals surface area contributed by atoms with Gasteiger partial charge in [0.2, 0.25) is 5.91 Å². The number of hydrogen-bond donors (Lipinski definition) is 2. The van der Waals surface area contributed by atoms with Crippen LogP contribution in [-0.4, -0.2) is 17.1 Å². The molecule has 0 saturated heterocycles. The van der Waals surface area contributed by atoms with E-state index >= 15 is 0 Å². The Bertz CT molecular complexity index is 423. The van der Waals surface area contributed by atoms with Gasteiger partial charge in [-0.2, -0.15) is 0 Å². The lowest BCUT2D eigenvalue weighted by Gasteiger charge is -2.23. The normalized spacial score (nSPS) is 14.8. The minimum absolute atomic E-state index is 0.0481. The minimum Gasteiger partial charge on any atom is -0.386 e. The molecular formula is C15H22ClNO2. The summed E-state index contributed by atoms with van der Waals surface area (Å²) in [5, 5.41) is 13.6. The highest BCUT2D eigenvalue weighted by Crippen LogP contribution is 2.21. The van der Waals surface area contributed by atoms with E-state index in [-0.39, 0.29) is 17.4 Å². The average molecular weight is 284 g/mol. The van der Waals surface area contributed by atoms with Gasteiger partial charge < -0.3 is 10.4 Å². The largest absolute Gasteiger partial charge is 0.386 e. The van der Waals surface area contributed by atoms with Crippen molar-refractivity contribution in [3.63, 3.8) is 0 Å². The summed E-state index contributed by atoms with van der Waals surface area (Å²) in [4.78, 5) is 11.8. The van der Waals surface area contributed by atoms with E-state index in [1.54, 1.807) is 31.2 Å². The highest BCUT2D eigenvalue weighted by molar-refractivity contribution is 6.30. The van der Waals surface area contributed by atoms with Crippen LogP contribution in [0.2, 0.25) is 5.02 Å². The highest BCUT2D eigenvalue weighted by atomic mass is 35.5. The molecule has 2 N–H and O–H groups in total. The fraction of sp³-hybridized carbons (Fsp3) is 0.533. The molecule has 4 heteroatoms. The third-order valence-electron chi connectivity index (χ3n) is 2.76. The molecule has 0 spiro atoms. The number of aliphatic hydroxyl groups excluding tert-OH is 1. The Labute approximate surface area is 120 Å². The maximum absolute atomic E-state index is 11.8. The molecule has 106 valence electrons. The number of halogens is 1. The summed E-state index contributed by atoms with van der Waals surface area (Å²) < 4.78 is 0. The van der Waals surface area contributed by atoms with Gasteiger partial charge in [-0.1, -0.05) is 44.5 Å². The van der Waals surface area contributed by atoms with E-state index in [9.17, 15) is 9.90 Å². The molecule has 0 aliphatic carbocycles. The predicted molar refractivity (Wildman–Crippen MR) is 78.1 cm³/mol. The van der Waals surface area contributed by atoms with Crippen LogP contribution in [0, 0.1) is 5.41 Å². The molecule has 0 aliphatic rings. The van der Waals surface area contributed by atoms with Crippen LogP contribution in [0.15, 0.2) is 24.3 Å².